The summed E-state index contributed by atoms with van der Waals surface area (Å²) in [5, 5.41) is 1.22. The van der Waals surface area contributed by atoms with Crippen LogP contribution in [0.1, 0.15) is 16.1 Å². The second kappa shape index (κ2) is 4.96. The number of rotatable bonds is 2. The molecule has 1 aliphatic heterocycles. The summed E-state index contributed by atoms with van der Waals surface area (Å²) in [5.74, 6) is 0. The maximum Gasteiger partial charge on any atom is 0.0798 e. The van der Waals surface area contributed by atoms with Gasteiger partial charge in [-0.2, -0.15) is 0 Å². The van der Waals surface area contributed by atoms with E-state index in [9.17, 15) is 0 Å². The third-order valence-corrected chi connectivity index (χ3v) is 4.67. The largest absolute Gasteiger partial charge is 0.293 e. The van der Waals surface area contributed by atoms with Crippen molar-refractivity contribution in [3.05, 3.63) is 58.2 Å². The van der Waals surface area contributed by atoms with Gasteiger partial charge in [0.2, 0.25) is 0 Å². The van der Waals surface area contributed by atoms with Crippen molar-refractivity contribution in [1.29, 1.82) is 0 Å². The van der Waals surface area contributed by atoms with Crippen LogP contribution in [0.15, 0.2) is 42.0 Å². The van der Waals surface area contributed by atoms with Gasteiger partial charge < -0.3 is 0 Å². The molecule has 0 aliphatic carbocycles. The molecule has 0 unspecified atom stereocenters. The minimum Gasteiger partial charge on any atom is -0.293 e. The molecular weight excluding hydrogens is 266 g/mol. The number of benzene rings is 1. The number of nitrogens with zero attached hydrogens (tertiary/aromatic N) is 3. The highest BCUT2D eigenvalue weighted by molar-refractivity contribution is 7.09. The van der Waals surface area contributed by atoms with Crippen molar-refractivity contribution in [3.63, 3.8) is 0 Å². The van der Waals surface area contributed by atoms with Gasteiger partial charge in [0.15, 0.2) is 0 Å². The Kier molecular flexibility index (Phi) is 2.98. The molecule has 1 aromatic carbocycles. The van der Waals surface area contributed by atoms with E-state index in [1.165, 1.54) is 21.5 Å². The molecule has 3 heterocycles. The Hall–Kier alpha value is -1.78. The summed E-state index contributed by atoms with van der Waals surface area (Å²) >= 11 is 1.77. The number of hydrogen-bond donors (Lipinski definition) is 0. The lowest BCUT2D eigenvalue weighted by Crippen LogP contribution is -2.29. The summed E-state index contributed by atoms with van der Waals surface area (Å²) in [4.78, 5) is 12.9. The maximum atomic E-state index is 4.54. The third kappa shape index (κ3) is 2.21. The third-order valence-electron chi connectivity index (χ3n) is 3.81. The molecule has 0 atom stereocenters. The molecule has 0 saturated heterocycles. The van der Waals surface area contributed by atoms with E-state index in [4.69, 9.17) is 0 Å². The molecule has 0 fully saturated rings. The molecule has 0 amide bonds. The zero-order chi connectivity index (χ0) is 13.4. The number of para-hydroxylation sites is 1. The normalized spacial score (nSPS) is 15.4. The molecule has 1 aliphatic rings. The van der Waals surface area contributed by atoms with E-state index in [0.717, 1.165) is 31.6 Å². The first-order valence-corrected chi connectivity index (χ1v) is 7.74. The molecule has 3 aromatic rings. The summed E-state index contributed by atoms with van der Waals surface area (Å²) in [5.41, 5.74) is 5.62. The van der Waals surface area contributed by atoms with Gasteiger partial charge in [-0.05, 0) is 17.7 Å². The predicted molar refractivity (Wildman–Crippen MR) is 81.7 cm³/mol. The van der Waals surface area contributed by atoms with Crippen molar-refractivity contribution in [2.45, 2.75) is 19.5 Å². The number of aromatic nitrogens is 2. The van der Waals surface area contributed by atoms with Gasteiger partial charge in [0.05, 0.1) is 16.7 Å². The van der Waals surface area contributed by atoms with Gasteiger partial charge in [-0.25, -0.2) is 4.98 Å². The van der Waals surface area contributed by atoms with Gasteiger partial charge >= 0.3 is 0 Å². The van der Waals surface area contributed by atoms with Crippen LogP contribution < -0.4 is 0 Å². The SMILES string of the molecule is c1ccc2ncc(CN3CCc4ncsc4C3)cc2c1. The first kappa shape index (κ1) is 12.0. The van der Waals surface area contributed by atoms with Crippen LogP contribution in [0.2, 0.25) is 0 Å². The van der Waals surface area contributed by atoms with E-state index in [-0.39, 0.29) is 0 Å². The maximum absolute atomic E-state index is 4.54. The van der Waals surface area contributed by atoms with Gasteiger partial charge in [-0.3, -0.25) is 9.88 Å². The molecular formula is C16H15N3S. The lowest BCUT2D eigenvalue weighted by molar-refractivity contribution is 0.247. The molecule has 0 saturated carbocycles. The van der Waals surface area contributed by atoms with E-state index < -0.39 is 0 Å². The molecule has 4 heteroatoms. The van der Waals surface area contributed by atoms with Gasteiger partial charge in [0, 0.05) is 42.5 Å². The molecule has 0 radical (unpaired) electrons. The van der Waals surface area contributed by atoms with Crippen LogP contribution in [-0.4, -0.2) is 21.4 Å². The molecule has 0 bridgehead atoms. The molecule has 20 heavy (non-hydrogen) atoms. The standard InChI is InChI=1S/C16H15N3S/c1-2-4-14-13(3-1)7-12(8-17-14)9-19-6-5-15-16(10-19)20-11-18-15/h1-4,7-8,11H,5-6,9-10H2. The highest BCUT2D eigenvalue weighted by Crippen LogP contribution is 2.23. The van der Waals surface area contributed by atoms with E-state index in [1.54, 1.807) is 11.3 Å². The fourth-order valence-corrected chi connectivity index (χ4v) is 3.62. The van der Waals surface area contributed by atoms with Crippen LogP contribution >= 0.6 is 11.3 Å². The average molecular weight is 281 g/mol. The Morgan fingerprint density at radius 1 is 1.20 bits per heavy atom. The minimum absolute atomic E-state index is 0.967. The summed E-state index contributed by atoms with van der Waals surface area (Å²) in [6.07, 6.45) is 3.07. The Morgan fingerprint density at radius 2 is 2.15 bits per heavy atom. The summed E-state index contributed by atoms with van der Waals surface area (Å²) in [6.45, 7) is 3.07. The van der Waals surface area contributed by atoms with Crippen molar-refractivity contribution in [3.8, 4) is 0 Å². The molecule has 2 aromatic heterocycles. The topological polar surface area (TPSA) is 29.0 Å². The molecule has 0 N–H and O–H groups in total. The van der Waals surface area contributed by atoms with Crippen LogP contribution in [0.5, 0.6) is 0 Å². The molecule has 0 spiro atoms. The van der Waals surface area contributed by atoms with E-state index >= 15 is 0 Å². The van der Waals surface area contributed by atoms with Crippen LogP contribution in [-0.2, 0) is 19.5 Å². The van der Waals surface area contributed by atoms with Crippen molar-refractivity contribution >= 4 is 22.2 Å². The fraction of sp³-hybridized carbons (Fsp3) is 0.250. The van der Waals surface area contributed by atoms with E-state index in [1.807, 2.05) is 17.8 Å². The Balaban J connectivity index is 1.56. The van der Waals surface area contributed by atoms with Crippen LogP contribution in [0.4, 0.5) is 0 Å². The van der Waals surface area contributed by atoms with E-state index in [2.05, 4.69) is 39.1 Å². The van der Waals surface area contributed by atoms with Gasteiger partial charge in [0.25, 0.3) is 0 Å². The Bertz CT molecular complexity index is 750. The highest BCUT2D eigenvalue weighted by Gasteiger charge is 2.18. The predicted octanol–water partition coefficient (Wildman–Crippen LogP) is 3.25. The highest BCUT2D eigenvalue weighted by atomic mass is 32.1. The van der Waals surface area contributed by atoms with Crippen molar-refractivity contribution in [2.24, 2.45) is 0 Å². The van der Waals surface area contributed by atoms with Crippen LogP contribution in [0.3, 0.4) is 0 Å². The monoisotopic (exact) mass is 281 g/mol. The molecule has 3 nitrogen and oxygen atoms in total. The van der Waals surface area contributed by atoms with Gasteiger partial charge in [-0.1, -0.05) is 18.2 Å². The Labute approximate surface area is 121 Å². The Morgan fingerprint density at radius 3 is 3.15 bits per heavy atom. The first-order valence-electron chi connectivity index (χ1n) is 6.86. The first-order chi connectivity index (χ1) is 9.88. The number of pyridine rings is 1. The van der Waals surface area contributed by atoms with Gasteiger partial charge in [0.1, 0.15) is 0 Å². The second-order valence-corrected chi connectivity index (χ2v) is 6.16. The summed E-state index contributed by atoms with van der Waals surface area (Å²) in [6, 6.07) is 10.5. The molecule has 4 rings (SSSR count). The lowest BCUT2D eigenvalue weighted by Gasteiger charge is -2.25. The summed E-state index contributed by atoms with van der Waals surface area (Å²) in [7, 11) is 0. The van der Waals surface area contributed by atoms with Crippen LogP contribution in [0, 0.1) is 0 Å². The van der Waals surface area contributed by atoms with Crippen molar-refractivity contribution in [2.75, 3.05) is 6.54 Å². The van der Waals surface area contributed by atoms with E-state index in [0.29, 0.717) is 0 Å². The summed E-state index contributed by atoms with van der Waals surface area (Å²) < 4.78 is 0. The molecule has 100 valence electrons. The van der Waals surface area contributed by atoms with Crippen LogP contribution in [0.25, 0.3) is 10.9 Å². The smallest absolute Gasteiger partial charge is 0.0798 e. The second-order valence-electron chi connectivity index (χ2n) is 5.22. The number of hydrogen-bond acceptors (Lipinski definition) is 4. The van der Waals surface area contributed by atoms with Crippen molar-refractivity contribution < 1.29 is 0 Å². The van der Waals surface area contributed by atoms with Gasteiger partial charge in [-0.15, -0.1) is 11.3 Å². The lowest BCUT2D eigenvalue weighted by atomic mass is 10.1. The number of thiazole rings is 1. The fourth-order valence-electron chi connectivity index (χ4n) is 2.77. The van der Waals surface area contributed by atoms with Crippen molar-refractivity contribution in [1.82, 2.24) is 14.9 Å². The zero-order valence-electron chi connectivity index (χ0n) is 11.1. The number of fused-ring (bicyclic) bond motifs is 2. The minimum atomic E-state index is 0.967. The average Bonchev–Trinajstić information content (AvgIpc) is 2.95. The zero-order valence-corrected chi connectivity index (χ0v) is 11.9. The quantitative estimate of drug-likeness (QED) is 0.722.